The van der Waals surface area contributed by atoms with Crippen LogP contribution < -0.4 is 9.47 Å². The maximum Gasteiger partial charge on any atom is 0.349 e. The molecule has 0 unspecified atom stereocenters. The third kappa shape index (κ3) is 6.24. The van der Waals surface area contributed by atoms with Gasteiger partial charge < -0.3 is 18.9 Å². The van der Waals surface area contributed by atoms with Crippen LogP contribution in [0.15, 0.2) is 36.4 Å². The third-order valence-corrected chi connectivity index (χ3v) is 2.18. The molecule has 0 amide bonds. The van der Waals surface area contributed by atoms with Gasteiger partial charge in [0.05, 0.1) is 14.2 Å². The Morgan fingerprint density at radius 1 is 0.952 bits per heavy atom. The maximum atomic E-state index is 11.4. The molecule has 7 nitrogen and oxygen atoms in total. The van der Waals surface area contributed by atoms with Crippen LogP contribution in [0.25, 0.3) is 0 Å². The number of methoxy groups -OCH3 is 2. The first kappa shape index (κ1) is 16.2. The lowest BCUT2D eigenvalue weighted by Crippen LogP contribution is -2.18. The highest BCUT2D eigenvalue weighted by molar-refractivity contribution is 5.92. The van der Waals surface area contributed by atoms with Crippen molar-refractivity contribution in [1.29, 1.82) is 0 Å². The Hall–Kier alpha value is -2.83. The molecule has 112 valence electrons. The monoisotopic (exact) mass is 294 g/mol. The molecule has 0 spiro atoms. The summed E-state index contributed by atoms with van der Waals surface area (Å²) in [7, 11) is 2.69. The van der Waals surface area contributed by atoms with Gasteiger partial charge in [-0.1, -0.05) is 0 Å². The summed E-state index contributed by atoms with van der Waals surface area (Å²) in [5.41, 5.74) is 0. The van der Waals surface area contributed by atoms with E-state index in [4.69, 9.17) is 9.47 Å². The molecule has 0 heterocycles. The fourth-order valence-electron chi connectivity index (χ4n) is 1.19. The van der Waals surface area contributed by atoms with Crippen molar-refractivity contribution >= 4 is 17.9 Å². The Morgan fingerprint density at radius 2 is 1.52 bits per heavy atom. The van der Waals surface area contributed by atoms with Gasteiger partial charge in [0.25, 0.3) is 0 Å². The zero-order chi connectivity index (χ0) is 15.7. The van der Waals surface area contributed by atoms with Crippen LogP contribution in [-0.4, -0.2) is 38.7 Å². The van der Waals surface area contributed by atoms with Gasteiger partial charge in [0.1, 0.15) is 11.5 Å². The van der Waals surface area contributed by atoms with Gasteiger partial charge in [0, 0.05) is 12.2 Å². The number of benzene rings is 1. The van der Waals surface area contributed by atoms with Crippen LogP contribution >= 0.6 is 0 Å². The van der Waals surface area contributed by atoms with Gasteiger partial charge in [-0.15, -0.1) is 0 Å². The highest BCUT2D eigenvalue weighted by Crippen LogP contribution is 2.16. The number of carbonyl (C=O) groups excluding carboxylic acids is 3. The van der Waals surface area contributed by atoms with Crippen LogP contribution in [0.5, 0.6) is 11.5 Å². The average molecular weight is 294 g/mol. The molecule has 0 aliphatic heterocycles. The summed E-state index contributed by atoms with van der Waals surface area (Å²) < 4.78 is 18.7. The number of hydrogen-bond donors (Lipinski definition) is 0. The SMILES string of the molecule is COC(=O)C=CC(=O)OCC(=O)Oc1ccc(OC)cc1. The zero-order valence-corrected chi connectivity index (χ0v) is 11.5. The molecule has 21 heavy (non-hydrogen) atoms. The Kier molecular flexibility index (Phi) is 6.46. The molecule has 0 bridgehead atoms. The molecule has 1 aromatic rings. The molecule has 0 aromatic heterocycles. The van der Waals surface area contributed by atoms with Gasteiger partial charge in [0.2, 0.25) is 0 Å². The van der Waals surface area contributed by atoms with Crippen molar-refractivity contribution < 1.29 is 33.3 Å². The van der Waals surface area contributed by atoms with Gasteiger partial charge >= 0.3 is 17.9 Å². The first-order chi connectivity index (χ1) is 10.0. The first-order valence-corrected chi connectivity index (χ1v) is 5.82. The predicted molar refractivity (Wildman–Crippen MR) is 70.7 cm³/mol. The highest BCUT2D eigenvalue weighted by Gasteiger charge is 2.08. The van der Waals surface area contributed by atoms with E-state index in [9.17, 15) is 14.4 Å². The Labute approximate surface area is 121 Å². The number of carbonyl (C=O) groups is 3. The van der Waals surface area contributed by atoms with Crippen molar-refractivity contribution in [2.45, 2.75) is 0 Å². The second-order valence-electron chi connectivity index (χ2n) is 3.61. The van der Waals surface area contributed by atoms with E-state index in [1.807, 2.05) is 0 Å². The minimum Gasteiger partial charge on any atom is -0.497 e. The van der Waals surface area contributed by atoms with E-state index in [-0.39, 0.29) is 0 Å². The van der Waals surface area contributed by atoms with Gasteiger partial charge in [0.15, 0.2) is 6.61 Å². The lowest BCUT2D eigenvalue weighted by molar-refractivity contribution is -0.150. The van der Waals surface area contributed by atoms with E-state index >= 15 is 0 Å². The highest BCUT2D eigenvalue weighted by atomic mass is 16.6. The van der Waals surface area contributed by atoms with Crippen LogP contribution in [0.1, 0.15) is 0 Å². The molecule has 7 heteroatoms. The van der Waals surface area contributed by atoms with Crippen molar-refractivity contribution in [3.05, 3.63) is 36.4 Å². The van der Waals surface area contributed by atoms with Crippen LogP contribution in [0.2, 0.25) is 0 Å². The van der Waals surface area contributed by atoms with Crippen LogP contribution in [0, 0.1) is 0 Å². The van der Waals surface area contributed by atoms with Crippen molar-refractivity contribution in [2.24, 2.45) is 0 Å². The summed E-state index contributed by atoms with van der Waals surface area (Å²) in [5, 5.41) is 0. The summed E-state index contributed by atoms with van der Waals surface area (Å²) in [6, 6.07) is 6.31. The smallest absolute Gasteiger partial charge is 0.349 e. The minimum atomic E-state index is -0.855. The zero-order valence-electron chi connectivity index (χ0n) is 11.5. The van der Waals surface area contributed by atoms with E-state index in [1.54, 1.807) is 12.1 Å². The standard InChI is InChI=1S/C14H14O7/c1-18-10-3-5-11(6-4-10)21-14(17)9-20-13(16)8-7-12(15)19-2/h3-8H,9H2,1-2H3. The molecule has 1 aromatic carbocycles. The molecule has 0 saturated carbocycles. The average Bonchev–Trinajstić information content (AvgIpc) is 2.51. The molecule has 1 rings (SSSR count). The molecule has 0 radical (unpaired) electrons. The second-order valence-corrected chi connectivity index (χ2v) is 3.61. The molecule has 0 fully saturated rings. The minimum absolute atomic E-state index is 0.293. The number of rotatable bonds is 6. The third-order valence-electron chi connectivity index (χ3n) is 2.18. The summed E-state index contributed by atoms with van der Waals surface area (Å²) in [5.74, 6) is -1.39. The van der Waals surface area contributed by atoms with E-state index < -0.39 is 24.5 Å². The fourth-order valence-corrected chi connectivity index (χ4v) is 1.19. The first-order valence-electron chi connectivity index (χ1n) is 5.82. The molecular formula is C14H14O7. The molecular weight excluding hydrogens is 280 g/mol. The lowest BCUT2D eigenvalue weighted by Gasteiger charge is -2.05. The fraction of sp³-hybridized carbons (Fsp3) is 0.214. The quantitative estimate of drug-likeness (QED) is 0.437. The molecule has 0 aliphatic rings. The largest absolute Gasteiger partial charge is 0.497 e. The molecule has 0 atom stereocenters. The van der Waals surface area contributed by atoms with Crippen molar-refractivity contribution in [3.8, 4) is 11.5 Å². The van der Waals surface area contributed by atoms with Crippen molar-refractivity contribution in [2.75, 3.05) is 20.8 Å². The van der Waals surface area contributed by atoms with Crippen LogP contribution in [0.4, 0.5) is 0 Å². The summed E-state index contributed by atoms with van der Waals surface area (Å²) in [4.78, 5) is 33.3. The molecule has 0 saturated heterocycles. The molecule has 0 aliphatic carbocycles. The molecule has 0 N–H and O–H groups in total. The topological polar surface area (TPSA) is 88.1 Å². The number of ether oxygens (including phenoxy) is 4. The summed E-state index contributed by atoms with van der Waals surface area (Å²) in [6.45, 7) is -0.573. The van der Waals surface area contributed by atoms with Gasteiger partial charge in [-0.3, -0.25) is 0 Å². The van der Waals surface area contributed by atoms with Crippen LogP contribution in [0.3, 0.4) is 0 Å². The summed E-state index contributed by atoms with van der Waals surface area (Å²) >= 11 is 0. The summed E-state index contributed by atoms with van der Waals surface area (Å²) in [6.07, 6.45) is 1.74. The lowest BCUT2D eigenvalue weighted by atomic mass is 10.3. The van der Waals surface area contributed by atoms with Gasteiger partial charge in [-0.2, -0.15) is 0 Å². The van der Waals surface area contributed by atoms with E-state index in [0.717, 1.165) is 12.2 Å². The Morgan fingerprint density at radius 3 is 2.10 bits per heavy atom. The van der Waals surface area contributed by atoms with Crippen molar-refractivity contribution in [1.82, 2.24) is 0 Å². The Balaban J connectivity index is 2.38. The number of esters is 3. The van der Waals surface area contributed by atoms with Gasteiger partial charge in [-0.05, 0) is 24.3 Å². The van der Waals surface area contributed by atoms with E-state index in [1.165, 1.54) is 26.4 Å². The second kappa shape index (κ2) is 8.36. The maximum absolute atomic E-state index is 11.4. The predicted octanol–water partition coefficient (Wildman–Crippen LogP) is 0.873. The van der Waals surface area contributed by atoms with E-state index in [2.05, 4.69) is 9.47 Å². The van der Waals surface area contributed by atoms with Gasteiger partial charge in [-0.25, -0.2) is 14.4 Å². The number of hydrogen-bond acceptors (Lipinski definition) is 7. The van der Waals surface area contributed by atoms with Crippen molar-refractivity contribution in [3.63, 3.8) is 0 Å². The normalized spacial score (nSPS) is 10.0. The van der Waals surface area contributed by atoms with Crippen LogP contribution in [-0.2, 0) is 23.9 Å². The van der Waals surface area contributed by atoms with E-state index in [0.29, 0.717) is 11.5 Å². The Bertz CT molecular complexity index is 531.